The number of nitrogens with zero attached hydrogens (tertiary/aromatic N) is 1. The van der Waals surface area contributed by atoms with Gasteiger partial charge in [0, 0.05) is 12.2 Å². The van der Waals surface area contributed by atoms with E-state index in [1.807, 2.05) is 18.2 Å². The van der Waals surface area contributed by atoms with Crippen LogP contribution in [-0.2, 0) is 14.8 Å². The number of anilines is 2. The smallest absolute Gasteiger partial charge is 0.235 e. The molecular weight excluding hydrogens is 348 g/mol. The van der Waals surface area contributed by atoms with Crippen molar-refractivity contribution in [3.05, 3.63) is 24.3 Å². The Bertz CT molecular complexity index is 813. The summed E-state index contributed by atoms with van der Waals surface area (Å²) in [4.78, 5) is 13.2. The molecule has 26 heavy (non-hydrogen) atoms. The van der Waals surface area contributed by atoms with Gasteiger partial charge in [0.15, 0.2) is 0 Å². The van der Waals surface area contributed by atoms with Gasteiger partial charge in [-0.1, -0.05) is 6.07 Å². The Labute approximate surface area is 155 Å². The van der Waals surface area contributed by atoms with Crippen molar-refractivity contribution >= 4 is 27.3 Å². The maximum Gasteiger partial charge on any atom is 0.235 e. The second-order valence-corrected chi connectivity index (χ2v) is 11.0. The number of rotatable bonds is 3. The number of hydrogen-bond acceptors (Lipinski definition) is 3. The lowest BCUT2D eigenvalue weighted by Gasteiger charge is -2.55. The molecule has 4 aliphatic carbocycles. The van der Waals surface area contributed by atoms with Crippen molar-refractivity contribution in [3.63, 3.8) is 0 Å². The third-order valence-corrected chi connectivity index (χ3v) is 8.88. The van der Waals surface area contributed by atoms with Gasteiger partial charge in [0.05, 0.1) is 16.9 Å². The first-order chi connectivity index (χ1) is 12.4. The summed E-state index contributed by atoms with van der Waals surface area (Å²) < 4.78 is 25.8. The number of carbonyl (C=O) groups is 1. The predicted octanol–water partition coefficient (Wildman–Crippen LogP) is 3.38. The molecule has 1 saturated heterocycles. The van der Waals surface area contributed by atoms with Gasteiger partial charge in [0.25, 0.3) is 0 Å². The van der Waals surface area contributed by atoms with E-state index in [1.54, 1.807) is 6.07 Å². The SMILES string of the molecule is O=C(Nc1cccc(N2CCCS2(=O)=O)c1)C12CC3CC(CC(C3)C1)C2. The number of hydrogen-bond donors (Lipinski definition) is 1. The first-order valence-electron chi connectivity index (χ1n) is 9.85. The molecule has 0 atom stereocenters. The Hall–Kier alpha value is -1.56. The molecule has 4 saturated carbocycles. The van der Waals surface area contributed by atoms with E-state index in [0.29, 0.717) is 24.3 Å². The van der Waals surface area contributed by atoms with Gasteiger partial charge in [-0.3, -0.25) is 9.10 Å². The zero-order valence-corrected chi connectivity index (χ0v) is 15.8. The van der Waals surface area contributed by atoms with Crippen LogP contribution in [0.2, 0.25) is 0 Å². The molecule has 140 valence electrons. The molecule has 1 heterocycles. The summed E-state index contributed by atoms with van der Waals surface area (Å²) in [7, 11) is -3.20. The van der Waals surface area contributed by atoms with Crippen LogP contribution < -0.4 is 9.62 Å². The maximum absolute atomic E-state index is 13.2. The quantitative estimate of drug-likeness (QED) is 0.882. The van der Waals surface area contributed by atoms with Crippen molar-refractivity contribution in [2.75, 3.05) is 21.9 Å². The number of amides is 1. The normalized spacial score (nSPS) is 37.1. The van der Waals surface area contributed by atoms with E-state index in [0.717, 1.165) is 37.0 Å². The van der Waals surface area contributed by atoms with Gasteiger partial charge in [-0.15, -0.1) is 0 Å². The fourth-order valence-electron chi connectivity index (χ4n) is 6.32. The molecule has 5 nitrogen and oxygen atoms in total. The summed E-state index contributed by atoms with van der Waals surface area (Å²) in [5, 5.41) is 3.13. The summed E-state index contributed by atoms with van der Waals surface area (Å²) >= 11 is 0. The summed E-state index contributed by atoms with van der Waals surface area (Å²) in [5.74, 6) is 2.55. The average molecular weight is 375 g/mol. The zero-order chi connectivity index (χ0) is 17.9. The average Bonchev–Trinajstić information content (AvgIpc) is 2.93. The molecule has 1 aliphatic heterocycles. The molecule has 0 unspecified atom stereocenters. The van der Waals surface area contributed by atoms with E-state index in [9.17, 15) is 13.2 Å². The molecule has 1 aromatic carbocycles. The van der Waals surface area contributed by atoms with Crippen LogP contribution >= 0.6 is 0 Å². The van der Waals surface area contributed by atoms with Gasteiger partial charge in [-0.2, -0.15) is 0 Å². The third kappa shape index (κ3) is 2.65. The minimum Gasteiger partial charge on any atom is -0.326 e. The van der Waals surface area contributed by atoms with Gasteiger partial charge >= 0.3 is 0 Å². The first-order valence-corrected chi connectivity index (χ1v) is 11.5. The monoisotopic (exact) mass is 374 g/mol. The Balaban J connectivity index is 1.37. The van der Waals surface area contributed by atoms with E-state index < -0.39 is 10.0 Å². The fraction of sp³-hybridized carbons (Fsp3) is 0.650. The van der Waals surface area contributed by atoms with Crippen molar-refractivity contribution < 1.29 is 13.2 Å². The fourth-order valence-corrected chi connectivity index (χ4v) is 7.88. The number of nitrogens with one attached hydrogen (secondary N) is 1. The highest BCUT2D eigenvalue weighted by molar-refractivity contribution is 7.93. The number of sulfonamides is 1. The lowest BCUT2D eigenvalue weighted by atomic mass is 9.49. The summed E-state index contributed by atoms with van der Waals surface area (Å²) in [6.45, 7) is 0.523. The van der Waals surface area contributed by atoms with Gasteiger partial charge < -0.3 is 5.32 Å². The molecule has 0 aromatic heterocycles. The van der Waals surface area contributed by atoms with Crippen molar-refractivity contribution in [2.45, 2.75) is 44.9 Å². The second kappa shape index (κ2) is 5.72. The molecule has 0 radical (unpaired) electrons. The summed E-state index contributed by atoms with van der Waals surface area (Å²) in [5.41, 5.74) is 1.18. The molecule has 1 N–H and O–H groups in total. The summed E-state index contributed by atoms with van der Waals surface area (Å²) in [6, 6.07) is 7.31. The maximum atomic E-state index is 13.2. The van der Waals surface area contributed by atoms with Crippen LogP contribution in [0.25, 0.3) is 0 Å². The van der Waals surface area contributed by atoms with E-state index in [1.165, 1.54) is 23.6 Å². The van der Waals surface area contributed by atoms with Crippen LogP contribution in [0.3, 0.4) is 0 Å². The van der Waals surface area contributed by atoms with E-state index in [4.69, 9.17) is 0 Å². The molecular formula is C20H26N2O3S. The molecule has 6 rings (SSSR count). The van der Waals surface area contributed by atoms with Gasteiger partial charge in [-0.05, 0) is 80.9 Å². The van der Waals surface area contributed by atoms with Crippen LogP contribution in [0.1, 0.15) is 44.9 Å². The molecule has 1 amide bonds. The van der Waals surface area contributed by atoms with Crippen LogP contribution in [0.4, 0.5) is 11.4 Å². The topological polar surface area (TPSA) is 66.5 Å². The number of carbonyl (C=O) groups excluding carboxylic acids is 1. The highest BCUT2D eigenvalue weighted by Crippen LogP contribution is 2.60. The van der Waals surface area contributed by atoms with Gasteiger partial charge in [-0.25, -0.2) is 8.42 Å². The van der Waals surface area contributed by atoms with E-state index in [-0.39, 0.29) is 17.1 Å². The second-order valence-electron chi connectivity index (χ2n) is 8.94. The Morgan fingerprint density at radius 3 is 2.31 bits per heavy atom. The van der Waals surface area contributed by atoms with Crippen molar-refractivity contribution in [1.29, 1.82) is 0 Å². The molecule has 0 spiro atoms. The Morgan fingerprint density at radius 2 is 1.73 bits per heavy atom. The van der Waals surface area contributed by atoms with Crippen LogP contribution in [0.5, 0.6) is 0 Å². The van der Waals surface area contributed by atoms with E-state index in [2.05, 4.69) is 5.32 Å². The first kappa shape index (κ1) is 16.6. The van der Waals surface area contributed by atoms with E-state index >= 15 is 0 Å². The van der Waals surface area contributed by atoms with Gasteiger partial charge in [0.1, 0.15) is 0 Å². The van der Waals surface area contributed by atoms with Crippen LogP contribution in [-0.4, -0.2) is 26.6 Å². The molecule has 1 aromatic rings. The minimum atomic E-state index is -3.20. The van der Waals surface area contributed by atoms with Crippen LogP contribution in [0, 0.1) is 23.2 Å². The zero-order valence-electron chi connectivity index (χ0n) is 15.0. The lowest BCUT2D eigenvalue weighted by Crippen LogP contribution is -2.51. The number of benzene rings is 1. The largest absolute Gasteiger partial charge is 0.326 e. The predicted molar refractivity (Wildman–Crippen MR) is 101 cm³/mol. The minimum absolute atomic E-state index is 0.151. The highest BCUT2D eigenvalue weighted by Gasteiger charge is 2.54. The van der Waals surface area contributed by atoms with Crippen molar-refractivity contribution in [2.24, 2.45) is 23.2 Å². The lowest BCUT2D eigenvalue weighted by molar-refractivity contribution is -0.140. The van der Waals surface area contributed by atoms with Crippen LogP contribution in [0.15, 0.2) is 24.3 Å². The molecule has 4 bridgehead atoms. The standard InChI is InChI=1S/C20H26N2O3S/c23-19(20-11-14-7-15(12-20)9-16(8-14)13-20)21-17-3-1-4-18(10-17)22-5-2-6-26(22,24)25/h1,3-4,10,14-16H,2,5-9,11-13H2,(H,21,23). The Kier molecular flexibility index (Phi) is 3.65. The Morgan fingerprint density at radius 1 is 1.08 bits per heavy atom. The third-order valence-electron chi connectivity index (χ3n) is 7.01. The summed E-state index contributed by atoms with van der Waals surface area (Å²) in [6.07, 6.45) is 7.70. The molecule has 6 heteroatoms. The highest BCUT2D eigenvalue weighted by atomic mass is 32.2. The van der Waals surface area contributed by atoms with Crippen molar-refractivity contribution in [1.82, 2.24) is 0 Å². The molecule has 5 fully saturated rings. The molecule has 5 aliphatic rings. The van der Waals surface area contributed by atoms with Crippen molar-refractivity contribution in [3.8, 4) is 0 Å². The van der Waals surface area contributed by atoms with Gasteiger partial charge in [0.2, 0.25) is 15.9 Å².